The van der Waals surface area contributed by atoms with E-state index in [4.69, 9.17) is 22.1 Å². The van der Waals surface area contributed by atoms with E-state index in [-0.39, 0.29) is 27.7 Å². The fourth-order valence-corrected chi connectivity index (χ4v) is 3.59. The van der Waals surface area contributed by atoms with Gasteiger partial charge in [0.05, 0.1) is 5.69 Å². The minimum Gasteiger partial charge on any atom is -0.451 e. The van der Waals surface area contributed by atoms with Crippen LogP contribution in [-0.4, -0.2) is 35.4 Å². The van der Waals surface area contributed by atoms with E-state index in [1.807, 2.05) is 0 Å². The van der Waals surface area contributed by atoms with Crippen molar-refractivity contribution in [3.63, 3.8) is 0 Å². The Morgan fingerprint density at radius 1 is 1.33 bits per heavy atom. The molecule has 0 saturated heterocycles. The summed E-state index contributed by atoms with van der Waals surface area (Å²) < 4.78 is 18.9. The van der Waals surface area contributed by atoms with Crippen molar-refractivity contribution >= 4 is 50.7 Å². The number of anilines is 1. The lowest BCUT2D eigenvalue weighted by molar-refractivity contribution is -0.133. The molecule has 1 aromatic carbocycles. The molecule has 0 fully saturated rings. The van der Waals surface area contributed by atoms with Gasteiger partial charge >= 0.3 is 5.97 Å². The number of nitrogen functional groups attached to an aromatic ring is 1. The van der Waals surface area contributed by atoms with Crippen LogP contribution in [0.3, 0.4) is 0 Å². The third-order valence-corrected chi connectivity index (χ3v) is 5.36. The molecule has 0 spiro atoms. The molecule has 3 aromatic rings. The molecule has 27 heavy (non-hydrogen) atoms. The van der Waals surface area contributed by atoms with Gasteiger partial charge in [-0.15, -0.1) is 11.3 Å². The summed E-state index contributed by atoms with van der Waals surface area (Å²) in [5.41, 5.74) is 6.43. The van der Waals surface area contributed by atoms with Crippen LogP contribution in [-0.2, 0) is 16.1 Å². The number of rotatable bonds is 5. The number of carbonyl (C=O) groups is 2. The Labute approximate surface area is 163 Å². The predicted octanol–water partition coefficient (Wildman–Crippen LogP) is 3.49. The van der Waals surface area contributed by atoms with E-state index >= 15 is 0 Å². The van der Waals surface area contributed by atoms with Crippen LogP contribution in [0.15, 0.2) is 36.5 Å². The molecule has 0 aliphatic heterocycles. The van der Waals surface area contributed by atoms with Crippen molar-refractivity contribution in [3.8, 4) is 0 Å². The Balaban J connectivity index is 1.64. The van der Waals surface area contributed by atoms with Gasteiger partial charge in [-0.3, -0.25) is 4.79 Å². The third kappa shape index (κ3) is 4.01. The zero-order valence-electron chi connectivity index (χ0n) is 14.2. The second kappa shape index (κ2) is 7.89. The van der Waals surface area contributed by atoms with Gasteiger partial charge in [-0.1, -0.05) is 17.7 Å². The Morgan fingerprint density at radius 2 is 2.11 bits per heavy atom. The molecule has 0 aliphatic rings. The van der Waals surface area contributed by atoms with Crippen molar-refractivity contribution in [2.75, 3.05) is 19.4 Å². The molecule has 2 heterocycles. The molecule has 2 N–H and O–H groups in total. The number of esters is 1. The van der Waals surface area contributed by atoms with Crippen molar-refractivity contribution in [2.45, 2.75) is 6.54 Å². The highest BCUT2D eigenvalue weighted by atomic mass is 35.5. The number of halogens is 2. The number of ether oxygens (including phenoxy) is 1. The number of hydrogen-bond acceptors (Lipinski definition) is 6. The summed E-state index contributed by atoms with van der Waals surface area (Å²) in [7, 11) is 1.47. The standard InChI is InChI=1S/C18H15ClFN3O3S/c1-23(8-11-12(19)5-2-6-13(11)20)14(24)9-26-18(25)16-15(21)10-4-3-7-22-17(10)27-16/h2-7H,8-9,21H2,1H3. The summed E-state index contributed by atoms with van der Waals surface area (Å²) in [6.07, 6.45) is 1.60. The van der Waals surface area contributed by atoms with E-state index in [2.05, 4.69) is 4.98 Å². The van der Waals surface area contributed by atoms with Gasteiger partial charge in [0.2, 0.25) is 0 Å². The maximum atomic E-state index is 13.8. The minimum absolute atomic E-state index is 0.0448. The van der Waals surface area contributed by atoms with E-state index in [0.29, 0.717) is 10.2 Å². The summed E-state index contributed by atoms with van der Waals surface area (Å²) in [5.74, 6) is -1.72. The van der Waals surface area contributed by atoms with Gasteiger partial charge in [0, 0.05) is 35.8 Å². The summed E-state index contributed by atoms with van der Waals surface area (Å²) in [6.45, 7) is -0.542. The second-order valence-corrected chi connectivity index (χ2v) is 7.13. The molecule has 0 radical (unpaired) electrons. The highest BCUT2D eigenvalue weighted by molar-refractivity contribution is 7.21. The number of nitrogens with zero attached hydrogens (tertiary/aromatic N) is 2. The van der Waals surface area contributed by atoms with Gasteiger partial charge in [0.15, 0.2) is 6.61 Å². The van der Waals surface area contributed by atoms with Gasteiger partial charge in [-0.2, -0.15) is 0 Å². The van der Waals surface area contributed by atoms with Crippen LogP contribution in [0.5, 0.6) is 0 Å². The van der Waals surface area contributed by atoms with Gasteiger partial charge < -0.3 is 15.4 Å². The first-order chi connectivity index (χ1) is 12.9. The first-order valence-electron chi connectivity index (χ1n) is 7.85. The Morgan fingerprint density at radius 3 is 2.81 bits per heavy atom. The Hall–Kier alpha value is -2.71. The number of fused-ring (bicyclic) bond motifs is 1. The molecular weight excluding hydrogens is 393 g/mol. The Kier molecular flexibility index (Phi) is 5.57. The summed E-state index contributed by atoms with van der Waals surface area (Å²) >= 11 is 7.06. The molecule has 0 unspecified atom stereocenters. The van der Waals surface area contributed by atoms with Gasteiger partial charge in [-0.25, -0.2) is 14.2 Å². The lowest BCUT2D eigenvalue weighted by Crippen LogP contribution is -2.31. The number of carbonyl (C=O) groups excluding carboxylic acids is 2. The van der Waals surface area contributed by atoms with Crippen LogP contribution >= 0.6 is 22.9 Å². The molecule has 2 aromatic heterocycles. The predicted molar refractivity (Wildman–Crippen MR) is 102 cm³/mol. The fourth-order valence-electron chi connectivity index (χ4n) is 2.41. The molecular formula is C18H15ClFN3O3S. The number of aromatic nitrogens is 1. The minimum atomic E-state index is -0.707. The molecule has 3 rings (SSSR count). The van der Waals surface area contributed by atoms with Gasteiger partial charge in [0.25, 0.3) is 5.91 Å². The average Bonchev–Trinajstić information content (AvgIpc) is 2.99. The van der Waals surface area contributed by atoms with Crippen LogP contribution in [0.1, 0.15) is 15.2 Å². The van der Waals surface area contributed by atoms with Crippen LogP contribution in [0, 0.1) is 5.82 Å². The van der Waals surface area contributed by atoms with Crippen molar-refractivity contribution < 1.29 is 18.7 Å². The molecule has 140 valence electrons. The number of benzene rings is 1. The van der Waals surface area contributed by atoms with E-state index in [9.17, 15) is 14.0 Å². The highest BCUT2D eigenvalue weighted by Gasteiger charge is 2.21. The number of hydrogen-bond donors (Lipinski definition) is 1. The molecule has 9 heteroatoms. The van der Waals surface area contributed by atoms with E-state index in [1.54, 1.807) is 18.3 Å². The lowest BCUT2D eigenvalue weighted by atomic mass is 10.2. The topological polar surface area (TPSA) is 85.5 Å². The Bertz CT molecular complexity index is 1000. The summed E-state index contributed by atoms with van der Waals surface area (Å²) in [5, 5.41) is 0.879. The smallest absolute Gasteiger partial charge is 0.351 e. The summed E-state index contributed by atoms with van der Waals surface area (Å²) in [6, 6.07) is 7.75. The maximum Gasteiger partial charge on any atom is 0.351 e. The van der Waals surface area contributed by atoms with E-state index in [1.165, 1.54) is 30.1 Å². The zero-order valence-corrected chi connectivity index (χ0v) is 15.8. The first kappa shape index (κ1) is 19.1. The first-order valence-corrected chi connectivity index (χ1v) is 9.05. The van der Waals surface area contributed by atoms with Crippen LogP contribution in [0.4, 0.5) is 10.1 Å². The van der Waals surface area contributed by atoms with Crippen molar-refractivity contribution in [1.29, 1.82) is 0 Å². The molecule has 1 amide bonds. The summed E-state index contributed by atoms with van der Waals surface area (Å²) in [4.78, 5) is 30.6. The molecule has 0 saturated carbocycles. The average molecular weight is 408 g/mol. The number of likely N-dealkylation sites (N-methyl/N-ethyl adjacent to an activating group) is 1. The van der Waals surface area contributed by atoms with E-state index in [0.717, 1.165) is 11.3 Å². The van der Waals surface area contributed by atoms with Gasteiger partial charge in [0.1, 0.15) is 15.5 Å². The number of nitrogens with two attached hydrogens (primary N) is 1. The lowest BCUT2D eigenvalue weighted by Gasteiger charge is -2.18. The highest BCUT2D eigenvalue weighted by Crippen LogP contribution is 2.32. The monoisotopic (exact) mass is 407 g/mol. The second-order valence-electron chi connectivity index (χ2n) is 5.73. The molecule has 6 nitrogen and oxygen atoms in total. The third-order valence-electron chi connectivity index (χ3n) is 3.90. The van der Waals surface area contributed by atoms with Crippen molar-refractivity contribution in [3.05, 3.63) is 57.8 Å². The molecule has 0 aliphatic carbocycles. The zero-order chi connectivity index (χ0) is 19.6. The largest absolute Gasteiger partial charge is 0.451 e. The van der Waals surface area contributed by atoms with Crippen LogP contribution in [0.2, 0.25) is 5.02 Å². The maximum absolute atomic E-state index is 13.8. The van der Waals surface area contributed by atoms with E-state index < -0.39 is 24.3 Å². The number of amides is 1. The number of pyridine rings is 1. The van der Waals surface area contributed by atoms with Crippen molar-refractivity contribution in [1.82, 2.24) is 9.88 Å². The number of thiophene rings is 1. The van der Waals surface area contributed by atoms with Crippen molar-refractivity contribution in [2.24, 2.45) is 0 Å². The van der Waals surface area contributed by atoms with Crippen LogP contribution < -0.4 is 5.73 Å². The molecule has 0 atom stereocenters. The van der Waals surface area contributed by atoms with Crippen LogP contribution in [0.25, 0.3) is 10.2 Å². The normalized spacial score (nSPS) is 10.8. The van der Waals surface area contributed by atoms with Gasteiger partial charge in [-0.05, 0) is 24.3 Å². The SMILES string of the molecule is CN(Cc1c(F)cccc1Cl)C(=O)COC(=O)c1sc2ncccc2c1N. The quantitative estimate of drug-likeness (QED) is 0.654. The fraction of sp³-hybridized carbons (Fsp3) is 0.167. The molecule has 0 bridgehead atoms.